The lowest BCUT2D eigenvalue weighted by atomic mass is 10.0. The van der Waals surface area contributed by atoms with E-state index in [-0.39, 0.29) is 18.1 Å². The molecule has 0 aliphatic carbocycles. The number of rotatable bonds is 5. The van der Waals surface area contributed by atoms with Gasteiger partial charge in [-0.05, 0) is 47.5 Å². The number of ether oxygens (including phenoxy) is 1. The van der Waals surface area contributed by atoms with Crippen LogP contribution in [0.1, 0.15) is 18.1 Å². The zero-order valence-corrected chi connectivity index (χ0v) is 15.8. The van der Waals surface area contributed by atoms with Crippen molar-refractivity contribution in [1.82, 2.24) is 10.2 Å². The number of carbonyl (C=O) groups excluding carboxylic acids is 2. The minimum Gasteiger partial charge on any atom is -0.493 e. The molecule has 1 heterocycles. The van der Waals surface area contributed by atoms with Gasteiger partial charge in [0.05, 0.1) is 13.2 Å². The maximum absolute atomic E-state index is 13.1. The quantitative estimate of drug-likeness (QED) is 0.517. The predicted octanol–water partition coefficient (Wildman–Crippen LogP) is 4.47. The number of amides is 3. The van der Waals surface area contributed by atoms with Crippen molar-refractivity contribution in [3.8, 4) is 5.75 Å². The molecule has 3 amide bonds. The van der Waals surface area contributed by atoms with Gasteiger partial charge in [-0.3, -0.25) is 9.69 Å². The van der Waals surface area contributed by atoms with E-state index >= 15 is 0 Å². The van der Waals surface area contributed by atoms with Crippen LogP contribution < -0.4 is 10.1 Å². The Labute approximate surface area is 167 Å². The van der Waals surface area contributed by atoms with Crippen LogP contribution in [0.5, 0.6) is 5.75 Å². The molecule has 1 fully saturated rings. The number of hydrogen-bond acceptors (Lipinski definition) is 3. The fraction of sp³-hybridized carbons (Fsp3) is 0.130. The van der Waals surface area contributed by atoms with Crippen molar-refractivity contribution < 1.29 is 18.7 Å². The fourth-order valence-electron chi connectivity index (χ4n) is 3.34. The van der Waals surface area contributed by atoms with E-state index in [0.29, 0.717) is 17.9 Å². The maximum atomic E-state index is 13.1. The monoisotopic (exact) mass is 390 g/mol. The molecule has 3 aromatic rings. The number of benzene rings is 3. The summed E-state index contributed by atoms with van der Waals surface area (Å²) in [4.78, 5) is 26.3. The van der Waals surface area contributed by atoms with E-state index in [4.69, 9.17) is 4.74 Å². The van der Waals surface area contributed by atoms with Crippen LogP contribution in [-0.2, 0) is 11.3 Å². The van der Waals surface area contributed by atoms with E-state index in [1.165, 1.54) is 12.1 Å². The van der Waals surface area contributed by atoms with E-state index < -0.39 is 11.9 Å². The van der Waals surface area contributed by atoms with Crippen LogP contribution in [0.3, 0.4) is 0 Å². The van der Waals surface area contributed by atoms with E-state index in [1.54, 1.807) is 18.2 Å². The summed E-state index contributed by atoms with van der Waals surface area (Å²) in [6.07, 6.45) is 1.65. The van der Waals surface area contributed by atoms with Crippen molar-refractivity contribution in [3.05, 3.63) is 83.3 Å². The lowest BCUT2D eigenvalue weighted by Crippen LogP contribution is -2.30. The number of hydrogen-bond donors (Lipinski definition) is 1. The number of nitrogens with one attached hydrogen (secondary N) is 1. The first-order valence-corrected chi connectivity index (χ1v) is 9.30. The normalized spacial score (nSPS) is 15.2. The SMILES string of the molecule is CCOc1ccc2ccccc2c1C=C1NC(=O)N(Cc2ccc(F)cc2)C1=O. The summed E-state index contributed by atoms with van der Waals surface area (Å²) >= 11 is 0. The fourth-order valence-corrected chi connectivity index (χ4v) is 3.34. The Morgan fingerprint density at radius 3 is 2.55 bits per heavy atom. The molecular weight excluding hydrogens is 371 g/mol. The summed E-state index contributed by atoms with van der Waals surface area (Å²) in [6.45, 7) is 2.43. The Hall–Kier alpha value is -3.67. The molecule has 3 aromatic carbocycles. The molecule has 6 heteroatoms. The Morgan fingerprint density at radius 2 is 1.79 bits per heavy atom. The number of halogens is 1. The first-order chi connectivity index (χ1) is 14.1. The van der Waals surface area contributed by atoms with E-state index in [9.17, 15) is 14.0 Å². The van der Waals surface area contributed by atoms with Gasteiger partial charge < -0.3 is 10.1 Å². The first kappa shape index (κ1) is 18.7. The Bertz CT molecular complexity index is 1120. The summed E-state index contributed by atoms with van der Waals surface area (Å²) in [6, 6.07) is 16.8. The summed E-state index contributed by atoms with van der Waals surface area (Å²) < 4.78 is 18.8. The highest BCUT2D eigenvalue weighted by atomic mass is 19.1. The first-order valence-electron chi connectivity index (χ1n) is 9.30. The highest BCUT2D eigenvalue weighted by molar-refractivity contribution is 6.14. The van der Waals surface area contributed by atoms with E-state index in [1.807, 2.05) is 43.3 Å². The summed E-state index contributed by atoms with van der Waals surface area (Å²) in [7, 11) is 0. The third-order valence-electron chi connectivity index (χ3n) is 4.74. The lowest BCUT2D eigenvalue weighted by molar-refractivity contribution is -0.123. The van der Waals surface area contributed by atoms with Gasteiger partial charge in [-0.1, -0.05) is 42.5 Å². The molecular formula is C23H19FN2O3. The van der Waals surface area contributed by atoms with Gasteiger partial charge in [0.1, 0.15) is 17.3 Å². The molecule has 0 atom stereocenters. The highest BCUT2D eigenvalue weighted by Gasteiger charge is 2.33. The smallest absolute Gasteiger partial charge is 0.329 e. The molecule has 0 radical (unpaired) electrons. The van der Waals surface area contributed by atoms with Gasteiger partial charge in [-0.25, -0.2) is 9.18 Å². The molecule has 4 rings (SSSR count). The van der Waals surface area contributed by atoms with Crippen LogP contribution in [0.15, 0.2) is 66.4 Å². The van der Waals surface area contributed by atoms with Gasteiger partial charge in [-0.15, -0.1) is 0 Å². The number of fused-ring (bicyclic) bond motifs is 1. The number of imide groups is 1. The molecule has 0 unspecified atom stereocenters. The average molecular weight is 390 g/mol. The molecule has 1 N–H and O–H groups in total. The van der Waals surface area contributed by atoms with Gasteiger partial charge >= 0.3 is 6.03 Å². The van der Waals surface area contributed by atoms with Gasteiger partial charge in [-0.2, -0.15) is 0 Å². The second-order valence-electron chi connectivity index (χ2n) is 6.64. The van der Waals surface area contributed by atoms with Crippen LogP contribution in [0.25, 0.3) is 16.8 Å². The third kappa shape index (κ3) is 3.69. The van der Waals surface area contributed by atoms with Crippen LogP contribution >= 0.6 is 0 Å². The maximum Gasteiger partial charge on any atom is 0.329 e. The highest BCUT2D eigenvalue weighted by Crippen LogP contribution is 2.31. The minimum atomic E-state index is -0.510. The molecule has 5 nitrogen and oxygen atoms in total. The number of urea groups is 1. The third-order valence-corrected chi connectivity index (χ3v) is 4.74. The van der Waals surface area contributed by atoms with Gasteiger partial charge in [0, 0.05) is 5.56 Å². The van der Waals surface area contributed by atoms with Crippen molar-refractivity contribution in [2.24, 2.45) is 0 Å². The molecule has 29 heavy (non-hydrogen) atoms. The van der Waals surface area contributed by atoms with E-state index in [2.05, 4.69) is 5.32 Å². The molecule has 146 valence electrons. The standard InChI is InChI=1S/C23H19FN2O3/c1-2-29-21-12-9-16-5-3-4-6-18(16)19(21)13-20-22(27)26(23(28)25-20)14-15-7-10-17(24)11-8-15/h3-13H,2,14H2,1H3,(H,25,28). The summed E-state index contributed by atoms with van der Waals surface area (Å²) in [5.41, 5.74) is 1.57. The molecule has 1 aliphatic rings. The zero-order valence-electron chi connectivity index (χ0n) is 15.8. The Kier molecular flexibility index (Phi) is 4.99. The van der Waals surface area contributed by atoms with E-state index in [0.717, 1.165) is 21.2 Å². The van der Waals surface area contributed by atoms with Crippen LogP contribution in [0, 0.1) is 5.82 Å². The Balaban J connectivity index is 1.70. The molecule has 0 aromatic heterocycles. The molecule has 0 bridgehead atoms. The van der Waals surface area contributed by atoms with Gasteiger partial charge in [0.25, 0.3) is 5.91 Å². The second-order valence-corrected chi connectivity index (χ2v) is 6.64. The molecule has 0 spiro atoms. The van der Waals surface area contributed by atoms with Crippen molar-refractivity contribution in [2.45, 2.75) is 13.5 Å². The average Bonchev–Trinajstić information content (AvgIpc) is 2.99. The molecule has 1 aliphatic heterocycles. The van der Waals surface area contributed by atoms with Crippen molar-refractivity contribution in [1.29, 1.82) is 0 Å². The van der Waals surface area contributed by atoms with Crippen molar-refractivity contribution in [3.63, 3.8) is 0 Å². The van der Waals surface area contributed by atoms with Crippen molar-refractivity contribution >= 4 is 28.8 Å². The van der Waals surface area contributed by atoms with Gasteiger partial charge in [0.2, 0.25) is 0 Å². The largest absolute Gasteiger partial charge is 0.493 e. The van der Waals surface area contributed by atoms with Crippen molar-refractivity contribution in [2.75, 3.05) is 6.61 Å². The lowest BCUT2D eigenvalue weighted by Gasteiger charge is -2.12. The van der Waals surface area contributed by atoms with Crippen LogP contribution in [0.2, 0.25) is 0 Å². The summed E-state index contributed by atoms with van der Waals surface area (Å²) in [5, 5.41) is 4.56. The van der Waals surface area contributed by atoms with Crippen LogP contribution in [-0.4, -0.2) is 23.4 Å². The molecule has 0 saturated carbocycles. The summed E-state index contributed by atoms with van der Waals surface area (Å²) in [5.74, 6) is -0.168. The number of nitrogens with zero attached hydrogens (tertiary/aromatic N) is 1. The topological polar surface area (TPSA) is 58.6 Å². The number of carbonyl (C=O) groups is 2. The second kappa shape index (κ2) is 7.75. The van der Waals surface area contributed by atoms with Gasteiger partial charge in [0.15, 0.2) is 0 Å². The molecule has 1 saturated heterocycles. The Morgan fingerprint density at radius 1 is 1.03 bits per heavy atom. The van der Waals surface area contributed by atoms with Crippen LogP contribution in [0.4, 0.5) is 9.18 Å². The zero-order chi connectivity index (χ0) is 20.4. The minimum absolute atomic E-state index is 0.0656. The predicted molar refractivity (Wildman–Crippen MR) is 109 cm³/mol.